The molecule has 0 aliphatic rings. The van der Waals surface area contributed by atoms with Gasteiger partial charge in [0.25, 0.3) is 0 Å². The van der Waals surface area contributed by atoms with Crippen LogP contribution in [0.5, 0.6) is 0 Å². The highest BCUT2D eigenvalue weighted by Crippen LogP contribution is 2.13. The lowest BCUT2D eigenvalue weighted by Gasteiger charge is -2.18. The van der Waals surface area contributed by atoms with E-state index in [4.69, 9.17) is 14.2 Å². The van der Waals surface area contributed by atoms with Gasteiger partial charge in [-0.05, 0) is 70.6 Å². The molecule has 0 aliphatic carbocycles. The molecular formula is C47H82O6. The average molecular weight is 743 g/mol. The third-order valence-electron chi connectivity index (χ3n) is 9.31. The molecule has 0 N–H and O–H groups in total. The number of allylic oxidation sites excluding steroid dienone is 8. The van der Waals surface area contributed by atoms with E-state index >= 15 is 0 Å². The molecule has 53 heavy (non-hydrogen) atoms. The number of unbranched alkanes of at least 4 members (excludes halogenated alkanes) is 20. The van der Waals surface area contributed by atoms with Gasteiger partial charge in [0.1, 0.15) is 13.2 Å². The van der Waals surface area contributed by atoms with Gasteiger partial charge in [-0.1, -0.05) is 172 Å². The van der Waals surface area contributed by atoms with Gasteiger partial charge in [0.05, 0.1) is 0 Å². The normalized spacial score (nSPS) is 12.4. The third-order valence-corrected chi connectivity index (χ3v) is 9.31. The Morgan fingerprint density at radius 1 is 0.377 bits per heavy atom. The fraction of sp³-hybridized carbons (Fsp3) is 0.766. The second kappa shape index (κ2) is 42.1. The van der Waals surface area contributed by atoms with E-state index in [1.165, 1.54) is 70.6 Å². The summed E-state index contributed by atoms with van der Waals surface area (Å²) in [5, 5.41) is 0. The van der Waals surface area contributed by atoms with E-state index in [1.807, 2.05) is 0 Å². The topological polar surface area (TPSA) is 78.9 Å². The minimum absolute atomic E-state index is 0.0833. The number of carbonyl (C=O) groups is 3. The molecule has 0 aromatic rings. The standard InChI is InChI=1S/C47H82O6/c1-4-7-10-13-16-18-20-22-24-26-28-31-34-37-40-46(49)52-43-44(42-51-45(48)39-36-33-30-15-12-9-6-3)53-47(50)41-38-35-32-29-27-25-23-21-19-17-14-11-8-5-2/h13-14,16-17,20-23,44H,4-12,15,18-19,24-43H2,1-3H3/b16-13-,17-14-,22-20-,23-21-. The number of hydrogen-bond acceptors (Lipinski definition) is 6. The second-order valence-electron chi connectivity index (χ2n) is 14.6. The number of esters is 3. The summed E-state index contributed by atoms with van der Waals surface area (Å²) in [5.41, 5.74) is 0. The summed E-state index contributed by atoms with van der Waals surface area (Å²) in [6, 6.07) is 0. The zero-order valence-corrected chi connectivity index (χ0v) is 34.8. The lowest BCUT2D eigenvalue weighted by atomic mass is 10.1. The first-order valence-corrected chi connectivity index (χ1v) is 22.1. The third kappa shape index (κ3) is 40.4. The molecule has 0 fully saturated rings. The molecule has 0 aliphatic heterocycles. The van der Waals surface area contributed by atoms with E-state index in [1.54, 1.807) is 0 Å². The molecule has 0 heterocycles. The van der Waals surface area contributed by atoms with Crippen LogP contribution in [0.3, 0.4) is 0 Å². The predicted molar refractivity (Wildman–Crippen MR) is 224 cm³/mol. The van der Waals surface area contributed by atoms with Gasteiger partial charge in [-0.15, -0.1) is 0 Å². The molecule has 0 aromatic heterocycles. The fourth-order valence-electron chi connectivity index (χ4n) is 5.88. The molecule has 1 unspecified atom stereocenters. The monoisotopic (exact) mass is 743 g/mol. The van der Waals surface area contributed by atoms with Crippen molar-refractivity contribution >= 4 is 17.9 Å². The molecule has 0 radical (unpaired) electrons. The Bertz CT molecular complexity index is 949. The lowest BCUT2D eigenvalue weighted by Crippen LogP contribution is -2.30. The molecule has 306 valence electrons. The van der Waals surface area contributed by atoms with Crippen molar-refractivity contribution < 1.29 is 28.6 Å². The Morgan fingerprint density at radius 2 is 0.698 bits per heavy atom. The number of rotatable bonds is 39. The molecule has 0 saturated carbocycles. The van der Waals surface area contributed by atoms with Crippen LogP contribution in [0.25, 0.3) is 0 Å². The van der Waals surface area contributed by atoms with E-state index in [0.29, 0.717) is 19.3 Å². The molecule has 6 heteroatoms. The highest BCUT2D eigenvalue weighted by atomic mass is 16.6. The lowest BCUT2D eigenvalue weighted by molar-refractivity contribution is -0.167. The van der Waals surface area contributed by atoms with E-state index in [2.05, 4.69) is 69.4 Å². The molecular weight excluding hydrogens is 661 g/mol. The summed E-state index contributed by atoms with van der Waals surface area (Å²) in [6.07, 6.45) is 48.1. The van der Waals surface area contributed by atoms with Crippen LogP contribution < -0.4 is 0 Å². The Balaban J connectivity index is 4.37. The maximum Gasteiger partial charge on any atom is 0.306 e. The first-order valence-electron chi connectivity index (χ1n) is 22.1. The molecule has 1 atom stereocenters. The predicted octanol–water partition coefficient (Wildman–Crippen LogP) is 14.0. The maximum absolute atomic E-state index is 12.7. The number of hydrogen-bond donors (Lipinski definition) is 0. The zero-order valence-electron chi connectivity index (χ0n) is 34.8. The van der Waals surface area contributed by atoms with Crippen molar-refractivity contribution in [3.63, 3.8) is 0 Å². The quantitative estimate of drug-likeness (QED) is 0.0270. The van der Waals surface area contributed by atoms with E-state index in [0.717, 1.165) is 103 Å². The van der Waals surface area contributed by atoms with E-state index in [-0.39, 0.29) is 31.1 Å². The fourth-order valence-corrected chi connectivity index (χ4v) is 5.88. The van der Waals surface area contributed by atoms with Gasteiger partial charge in [0.2, 0.25) is 0 Å². The van der Waals surface area contributed by atoms with Crippen molar-refractivity contribution in [3.05, 3.63) is 48.6 Å². The Morgan fingerprint density at radius 3 is 1.09 bits per heavy atom. The van der Waals surface area contributed by atoms with Crippen molar-refractivity contribution in [2.45, 2.75) is 219 Å². The zero-order chi connectivity index (χ0) is 38.7. The van der Waals surface area contributed by atoms with E-state index in [9.17, 15) is 14.4 Å². The largest absolute Gasteiger partial charge is 0.462 e. The van der Waals surface area contributed by atoms with Gasteiger partial charge >= 0.3 is 17.9 Å². The van der Waals surface area contributed by atoms with Crippen LogP contribution in [0, 0.1) is 0 Å². The summed E-state index contributed by atoms with van der Waals surface area (Å²) in [4.78, 5) is 37.6. The summed E-state index contributed by atoms with van der Waals surface area (Å²) in [6.45, 7) is 6.47. The molecule has 0 spiro atoms. The first kappa shape index (κ1) is 50.4. The Hall–Kier alpha value is -2.63. The maximum atomic E-state index is 12.7. The van der Waals surface area contributed by atoms with Crippen LogP contribution in [-0.4, -0.2) is 37.2 Å². The van der Waals surface area contributed by atoms with Crippen LogP contribution in [0.15, 0.2) is 48.6 Å². The van der Waals surface area contributed by atoms with Gasteiger partial charge in [-0.2, -0.15) is 0 Å². The first-order chi connectivity index (χ1) is 26.0. The van der Waals surface area contributed by atoms with Gasteiger partial charge in [-0.25, -0.2) is 0 Å². The van der Waals surface area contributed by atoms with Crippen LogP contribution in [-0.2, 0) is 28.6 Å². The number of carbonyl (C=O) groups excluding carboxylic acids is 3. The van der Waals surface area contributed by atoms with Crippen molar-refractivity contribution in [1.82, 2.24) is 0 Å². The summed E-state index contributed by atoms with van der Waals surface area (Å²) in [7, 11) is 0. The molecule has 0 aromatic carbocycles. The Kier molecular flexibility index (Phi) is 40.0. The van der Waals surface area contributed by atoms with Crippen LogP contribution in [0.2, 0.25) is 0 Å². The summed E-state index contributed by atoms with van der Waals surface area (Å²) in [5.74, 6) is -0.921. The van der Waals surface area contributed by atoms with Gasteiger partial charge in [0.15, 0.2) is 6.10 Å². The molecule has 0 bridgehead atoms. The average Bonchev–Trinajstić information content (AvgIpc) is 3.15. The van der Waals surface area contributed by atoms with Gasteiger partial charge in [0, 0.05) is 19.3 Å². The smallest absolute Gasteiger partial charge is 0.306 e. The van der Waals surface area contributed by atoms with Crippen molar-refractivity contribution in [2.75, 3.05) is 13.2 Å². The van der Waals surface area contributed by atoms with E-state index < -0.39 is 6.10 Å². The minimum atomic E-state index is -0.780. The van der Waals surface area contributed by atoms with Crippen LogP contribution in [0.4, 0.5) is 0 Å². The molecule has 0 rings (SSSR count). The SMILES string of the molecule is CCCC/C=C\C/C=C\CCCCCCCC(=O)OCC(COC(=O)CCCCCCCCC)OC(=O)CCCCCCC/C=C\C/C=C\CCCC. The summed E-state index contributed by atoms with van der Waals surface area (Å²) >= 11 is 0. The highest BCUT2D eigenvalue weighted by molar-refractivity contribution is 5.71. The highest BCUT2D eigenvalue weighted by Gasteiger charge is 2.19. The molecule has 6 nitrogen and oxygen atoms in total. The Labute approximate surface area is 327 Å². The molecule has 0 saturated heterocycles. The van der Waals surface area contributed by atoms with Crippen molar-refractivity contribution in [3.8, 4) is 0 Å². The van der Waals surface area contributed by atoms with Crippen molar-refractivity contribution in [1.29, 1.82) is 0 Å². The van der Waals surface area contributed by atoms with Crippen LogP contribution in [0.1, 0.15) is 213 Å². The number of ether oxygens (including phenoxy) is 3. The van der Waals surface area contributed by atoms with Gasteiger partial charge in [-0.3, -0.25) is 14.4 Å². The molecule has 0 amide bonds. The summed E-state index contributed by atoms with van der Waals surface area (Å²) < 4.78 is 16.6. The van der Waals surface area contributed by atoms with Crippen molar-refractivity contribution in [2.24, 2.45) is 0 Å². The van der Waals surface area contributed by atoms with Crippen LogP contribution >= 0.6 is 0 Å². The minimum Gasteiger partial charge on any atom is -0.462 e. The van der Waals surface area contributed by atoms with Gasteiger partial charge < -0.3 is 14.2 Å². The second-order valence-corrected chi connectivity index (χ2v) is 14.6.